The van der Waals surface area contributed by atoms with Crippen LogP contribution >= 0.6 is 0 Å². The summed E-state index contributed by atoms with van der Waals surface area (Å²) in [7, 11) is 0. The Bertz CT molecular complexity index is 890. The van der Waals surface area contributed by atoms with E-state index >= 15 is 0 Å². The third-order valence-electron chi connectivity index (χ3n) is 6.17. The van der Waals surface area contributed by atoms with Crippen LogP contribution in [0.25, 0.3) is 0 Å². The summed E-state index contributed by atoms with van der Waals surface area (Å²) in [6, 6.07) is 5.43. The third kappa shape index (κ3) is 5.43. The molecule has 1 aromatic carbocycles. The second-order valence-electron chi connectivity index (χ2n) is 10.6. The van der Waals surface area contributed by atoms with Crippen LogP contribution in [0.3, 0.4) is 0 Å². The first-order chi connectivity index (χ1) is 14.9. The Morgan fingerprint density at radius 2 is 1.88 bits per heavy atom. The number of anilines is 1. The number of amides is 3. The molecule has 3 amide bonds. The topological polar surface area (TPSA) is 79.0 Å². The van der Waals surface area contributed by atoms with E-state index in [9.17, 15) is 14.4 Å². The van der Waals surface area contributed by atoms with Gasteiger partial charge in [-0.1, -0.05) is 13.8 Å². The average Bonchev–Trinajstić information content (AvgIpc) is 2.66. The molecule has 1 atom stereocenters. The molecule has 1 aromatic rings. The van der Waals surface area contributed by atoms with Crippen molar-refractivity contribution in [3.05, 3.63) is 29.3 Å². The minimum Gasteiger partial charge on any atom is -0.444 e. The highest BCUT2D eigenvalue weighted by Gasteiger charge is 2.50. The first-order valence-corrected chi connectivity index (χ1v) is 11.6. The highest BCUT2D eigenvalue weighted by atomic mass is 16.6. The van der Waals surface area contributed by atoms with Crippen LogP contribution in [0.4, 0.5) is 10.5 Å². The molecular formula is C25H37N3O4. The molecule has 0 bridgehead atoms. The van der Waals surface area contributed by atoms with Crippen LogP contribution in [0, 0.1) is 12.8 Å². The van der Waals surface area contributed by atoms with Gasteiger partial charge < -0.3 is 19.9 Å². The Kier molecular flexibility index (Phi) is 6.86. The van der Waals surface area contributed by atoms with Gasteiger partial charge in [-0.3, -0.25) is 9.59 Å². The second-order valence-corrected chi connectivity index (χ2v) is 10.6. The maximum absolute atomic E-state index is 13.3. The molecule has 2 aliphatic heterocycles. The molecule has 1 unspecified atom stereocenters. The number of carbonyl (C=O) groups excluding carboxylic acids is 3. The molecule has 7 nitrogen and oxygen atoms in total. The van der Waals surface area contributed by atoms with Crippen LogP contribution in [-0.2, 0) is 9.53 Å². The van der Waals surface area contributed by atoms with Crippen molar-refractivity contribution < 1.29 is 19.1 Å². The fourth-order valence-electron chi connectivity index (χ4n) is 4.54. The number of likely N-dealkylation sites (tertiary alicyclic amines) is 2. The lowest BCUT2D eigenvalue weighted by Gasteiger charge is -2.56. The maximum Gasteiger partial charge on any atom is 0.410 e. The van der Waals surface area contributed by atoms with Crippen molar-refractivity contribution in [3.8, 4) is 0 Å². The van der Waals surface area contributed by atoms with Crippen molar-refractivity contribution in [2.75, 3.05) is 25.0 Å². The Morgan fingerprint density at radius 3 is 2.44 bits per heavy atom. The fraction of sp³-hybridized carbons (Fsp3) is 0.640. The Balaban J connectivity index is 1.69. The molecule has 1 spiro atoms. The number of carbonyl (C=O) groups is 3. The van der Waals surface area contributed by atoms with Gasteiger partial charge in [-0.15, -0.1) is 0 Å². The summed E-state index contributed by atoms with van der Waals surface area (Å²) in [6.45, 7) is 13.4. The summed E-state index contributed by atoms with van der Waals surface area (Å²) in [5, 5.41) is 2.94. The fourth-order valence-corrected chi connectivity index (χ4v) is 4.54. The molecule has 32 heavy (non-hydrogen) atoms. The van der Waals surface area contributed by atoms with E-state index in [2.05, 4.69) is 5.32 Å². The Hall–Kier alpha value is -2.57. The number of piperidine rings is 1. The van der Waals surface area contributed by atoms with Crippen molar-refractivity contribution in [2.45, 2.75) is 78.4 Å². The normalized spacial score (nSPS) is 20.8. The first-order valence-electron chi connectivity index (χ1n) is 11.6. The van der Waals surface area contributed by atoms with E-state index in [4.69, 9.17) is 4.74 Å². The van der Waals surface area contributed by atoms with E-state index in [0.29, 0.717) is 31.6 Å². The highest BCUT2D eigenvalue weighted by Crippen LogP contribution is 2.40. The minimum absolute atomic E-state index is 0.0201. The molecule has 0 aliphatic carbocycles. The summed E-state index contributed by atoms with van der Waals surface area (Å²) in [5.41, 5.74) is 1.35. The lowest BCUT2D eigenvalue weighted by Crippen LogP contribution is -2.69. The summed E-state index contributed by atoms with van der Waals surface area (Å²) < 4.78 is 5.55. The average molecular weight is 444 g/mol. The van der Waals surface area contributed by atoms with E-state index in [1.165, 1.54) is 0 Å². The van der Waals surface area contributed by atoms with Crippen molar-refractivity contribution in [2.24, 2.45) is 5.92 Å². The van der Waals surface area contributed by atoms with Crippen LogP contribution in [0.5, 0.6) is 0 Å². The van der Waals surface area contributed by atoms with Crippen molar-refractivity contribution in [1.29, 1.82) is 0 Å². The van der Waals surface area contributed by atoms with Gasteiger partial charge in [-0.2, -0.15) is 0 Å². The van der Waals surface area contributed by atoms with E-state index in [0.717, 1.165) is 30.5 Å². The zero-order valence-electron chi connectivity index (χ0n) is 20.3. The van der Waals surface area contributed by atoms with Gasteiger partial charge in [0, 0.05) is 37.3 Å². The second kappa shape index (κ2) is 9.12. The highest BCUT2D eigenvalue weighted by molar-refractivity contribution is 5.97. The summed E-state index contributed by atoms with van der Waals surface area (Å²) in [4.78, 5) is 41.7. The zero-order chi connectivity index (χ0) is 23.7. The maximum atomic E-state index is 13.3. The molecule has 3 rings (SSSR count). The lowest BCUT2D eigenvalue weighted by atomic mass is 9.77. The van der Waals surface area contributed by atoms with Gasteiger partial charge >= 0.3 is 6.09 Å². The zero-order valence-corrected chi connectivity index (χ0v) is 20.3. The number of benzene rings is 1. The van der Waals surface area contributed by atoms with Crippen LogP contribution in [0.2, 0.25) is 0 Å². The Morgan fingerprint density at radius 1 is 1.16 bits per heavy atom. The van der Waals surface area contributed by atoms with E-state index in [-0.39, 0.29) is 29.4 Å². The first kappa shape index (κ1) is 24.1. The van der Waals surface area contributed by atoms with Crippen molar-refractivity contribution in [3.63, 3.8) is 0 Å². The van der Waals surface area contributed by atoms with Gasteiger partial charge in [0.05, 0.1) is 5.54 Å². The largest absolute Gasteiger partial charge is 0.444 e. The van der Waals surface area contributed by atoms with Crippen LogP contribution in [-0.4, -0.2) is 58.5 Å². The number of nitrogens with one attached hydrogen (secondary N) is 1. The van der Waals surface area contributed by atoms with E-state index in [1.807, 2.05) is 52.5 Å². The number of nitrogens with zero attached hydrogens (tertiary/aromatic N) is 2. The molecule has 0 saturated carbocycles. The molecule has 176 valence electrons. The SMILES string of the molecule is Cc1cc(C(=O)N2CCC23CCCN(C(=O)OC(C)(C)C)C3)ccc1NC(=O)CC(C)C. The third-order valence-corrected chi connectivity index (χ3v) is 6.17. The Labute approximate surface area is 191 Å². The monoisotopic (exact) mass is 443 g/mol. The predicted molar refractivity (Wildman–Crippen MR) is 125 cm³/mol. The van der Waals surface area contributed by atoms with Crippen LogP contribution in [0.1, 0.15) is 76.2 Å². The number of ether oxygens (including phenoxy) is 1. The number of rotatable bonds is 4. The summed E-state index contributed by atoms with van der Waals surface area (Å²) in [6.07, 6.45) is 2.78. The van der Waals surface area contributed by atoms with Gasteiger partial charge in [0.25, 0.3) is 5.91 Å². The molecule has 1 N–H and O–H groups in total. The van der Waals surface area contributed by atoms with Gasteiger partial charge in [0.1, 0.15) is 5.60 Å². The van der Waals surface area contributed by atoms with Gasteiger partial charge in [-0.25, -0.2) is 4.79 Å². The molecule has 7 heteroatoms. The number of hydrogen-bond acceptors (Lipinski definition) is 4. The summed E-state index contributed by atoms with van der Waals surface area (Å²) >= 11 is 0. The van der Waals surface area contributed by atoms with Gasteiger partial charge in [0.15, 0.2) is 0 Å². The molecule has 2 saturated heterocycles. The van der Waals surface area contributed by atoms with E-state index < -0.39 is 5.60 Å². The molecule has 2 heterocycles. The van der Waals surface area contributed by atoms with Crippen molar-refractivity contribution in [1.82, 2.24) is 9.80 Å². The molecule has 0 aromatic heterocycles. The molecule has 0 radical (unpaired) electrons. The standard InChI is InChI=1S/C25H37N3O4/c1-17(2)14-21(29)26-20-9-8-19(15-18(20)3)22(30)28-13-11-25(28)10-7-12-27(16-25)23(31)32-24(4,5)6/h8-9,15,17H,7,10-14,16H2,1-6H3,(H,26,29). The molecule has 2 fully saturated rings. The molecule has 2 aliphatic rings. The van der Waals surface area contributed by atoms with Crippen molar-refractivity contribution >= 4 is 23.6 Å². The van der Waals surface area contributed by atoms with Crippen LogP contribution < -0.4 is 5.32 Å². The smallest absolute Gasteiger partial charge is 0.410 e. The van der Waals surface area contributed by atoms with Gasteiger partial charge in [-0.05, 0) is 76.6 Å². The minimum atomic E-state index is -0.541. The molecular weight excluding hydrogens is 406 g/mol. The van der Waals surface area contributed by atoms with Crippen LogP contribution in [0.15, 0.2) is 18.2 Å². The summed E-state index contributed by atoms with van der Waals surface area (Å²) in [5.74, 6) is 0.244. The quantitative estimate of drug-likeness (QED) is 0.738. The van der Waals surface area contributed by atoms with E-state index in [1.54, 1.807) is 17.0 Å². The lowest BCUT2D eigenvalue weighted by molar-refractivity contribution is -0.116. The number of aryl methyl sites for hydroxylation is 1. The number of hydrogen-bond donors (Lipinski definition) is 1. The predicted octanol–water partition coefficient (Wildman–Crippen LogP) is 4.60. The van der Waals surface area contributed by atoms with Gasteiger partial charge in [0.2, 0.25) is 5.91 Å².